The number of fused-ring (bicyclic) bond motifs is 2. The number of carbonyl (C=O) groups is 2. The molecule has 4 heteroatoms. The molecule has 0 radical (unpaired) electrons. The van der Waals surface area contributed by atoms with Gasteiger partial charge in [0.25, 0.3) is 0 Å². The number of hydrogen-bond donors (Lipinski definition) is 1. The minimum Gasteiger partial charge on any atom is -0.481 e. The van der Waals surface area contributed by atoms with E-state index in [0.29, 0.717) is 6.42 Å². The molecule has 0 aromatic carbocycles. The van der Waals surface area contributed by atoms with Gasteiger partial charge in [-0.05, 0) is 18.3 Å². The topological polar surface area (TPSA) is 63.6 Å². The first-order valence-electron chi connectivity index (χ1n) is 4.72. The number of carboxylic acid groups (broad SMARTS) is 1. The lowest BCUT2D eigenvalue weighted by Gasteiger charge is -2.21. The second kappa shape index (κ2) is 3.43. The Hall–Kier alpha value is -1.76. The van der Waals surface area contributed by atoms with Crippen molar-refractivity contribution in [3.05, 3.63) is 12.2 Å². The van der Waals surface area contributed by atoms with Crippen molar-refractivity contribution >= 4 is 11.9 Å². The van der Waals surface area contributed by atoms with E-state index in [9.17, 15) is 9.59 Å². The van der Waals surface area contributed by atoms with Gasteiger partial charge >= 0.3 is 11.9 Å². The molecule has 0 aromatic rings. The van der Waals surface area contributed by atoms with Gasteiger partial charge in [-0.15, -0.1) is 0 Å². The molecule has 4 nitrogen and oxygen atoms in total. The minimum absolute atomic E-state index is 0.0306. The summed E-state index contributed by atoms with van der Waals surface area (Å²) in [6.07, 6.45) is 11.1. The highest BCUT2D eigenvalue weighted by Crippen LogP contribution is 2.48. The second-order valence-corrected chi connectivity index (χ2v) is 3.88. The van der Waals surface area contributed by atoms with Crippen LogP contribution in [0.25, 0.3) is 0 Å². The summed E-state index contributed by atoms with van der Waals surface area (Å²) in [5.41, 5.74) is 0. The highest BCUT2D eigenvalue weighted by atomic mass is 16.5. The van der Waals surface area contributed by atoms with E-state index < -0.39 is 23.8 Å². The van der Waals surface area contributed by atoms with E-state index in [0.717, 1.165) is 0 Å². The fraction of sp³-hybridized carbons (Fsp3) is 0.455. The Morgan fingerprint density at radius 2 is 1.93 bits per heavy atom. The molecule has 4 unspecified atom stereocenters. The summed E-state index contributed by atoms with van der Waals surface area (Å²) in [7, 11) is 0. The zero-order valence-electron chi connectivity index (χ0n) is 7.92. The molecule has 1 fully saturated rings. The molecule has 2 aliphatic carbocycles. The third kappa shape index (κ3) is 1.40. The Bertz CT molecular complexity index is 377. The van der Waals surface area contributed by atoms with Crippen molar-refractivity contribution in [2.45, 2.75) is 6.42 Å². The van der Waals surface area contributed by atoms with E-state index in [1.807, 2.05) is 12.2 Å². The summed E-state index contributed by atoms with van der Waals surface area (Å²) >= 11 is 0. The molecule has 0 amide bonds. The molecule has 15 heavy (non-hydrogen) atoms. The summed E-state index contributed by atoms with van der Waals surface area (Å²) in [5, 5.41) is 9.03. The average molecular weight is 206 g/mol. The zero-order chi connectivity index (χ0) is 11.0. The Labute approximate surface area is 86.9 Å². The Balaban J connectivity index is 2.23. The number of carboxylic acids is 1. The van der Waals surface area contributed by atoms with Gasteiger partial charge in [-0.2, -0.15) is 0 Å². The van der Waals surface area contributed by atoms with Crippen molar-refractivity contribution in [1.82, 2.24) is 0 Å². The Kier molecular flexibility index (Phi) is 2.24. The quantitative estimate of drug-likeness (QED) is 0.409. The van der Waals surface area contributed by atoms with Crippen LogP contribution in [0.1, 0.15) is 6.42 Å². The molecule has 1 N–H and O–H groups in total. The van der Waals surface area contributed by atoms with Crippen molar-refractivity contribution in [3.63, 3.8) is 0 Å². The van der Waals surface area contributed by atoms with Gasteiger partial charge in [0.2, 0.25) is 0 Å². The normalized spacial score (nSPS) is 36.2. The van der Waals surface area contributed by atoms with Crippen LogP contribution in [0.2, 0.25) is 0 Å². The fourth-order valence-corrected chi connectivity index (χ4v) is 2.61. The summed E-state index contributed by atoms with van der Waals surface area (Å²) in [4.78, 5) is 22.5. The van der Waals surface area contributed by atoms with Crippen LogP contribution >= 0.6 is 0 Å². The van der Waals surface area contributed by atoms with Crippen LogP contribution in [0.3, 0.4) is 0 Å². The number of carbonyl (C=O) groups excluding carboxylic acids is 1. The summed E-state index contributed by atoms with van der Waals surface area (Å²) in [6.45, 7) is 0. The van der Waals surface area contributed by atoms with Crippen molar-refractivity contribution < 1.29 is 19.4 Å². The van der Waals surface area contributed by atoms with E-state index in [1.54, 1.807) is 6.11 Å². The Morgan fingerprint density at radius 3 is 2.47 bits per heavy atom. The molecular formula is C11H10O4. The Morgan fingerprint density at radius 1 is 1.33 bits per heavy atom. The first kappa shape index (κ1) is 9.78. The molecule has 0 saturated heterocycles. The van der Waals surface area contributed by atoms with E-state index in [2.05, 4.69) is 4.74 Å². The highest BCUT2D eigenvalue weighted by Gasteiger charge is 2.52. The van der Waals surface area contributed by atoms with Crippen LogP contribution in [0.15, 0.2) is 12.2 Å². The molecule has 1 saturated carbocycles. The lowest BCUT2D eigenvalue weighted by Crippen LogP contribution is -2.33. The smallest absolute Gasteiger partial charge is 0.324 e. The van der Waals surface area contributed by atoms with E-state index in [-0.39, 0.29) is 11.8 Å². The van der Waals surface area contributed by atoms with Gasteiger partial charge in [0.15, 0.2) is 0 Å². The van der Waals surface area contributed by atoms with Crippen molar-refractivity contribution in [3.8, 4) is 12.5 Å². The van der Waals surface area contributed by atoms with Crippen molar-refractivity contribution in [2.75, 3.05) is 0 Å². The highest BCUT2D eigenvalue weighted by molar-refractivity contribution is 5.84. The van der Waals surface area contributed by atoms with E-state index in [4.69, 9.17) is 11.5 Å². The lowest BCUT2D eigenvalue weighted by molar-refractivity contribution is -0.154. The van der Waals surface area contributed by atoms with E-state index in [1.165, 1.54) is 0 Å². The largest absolute Gasteiger partial charge is 0.481 e. The number of hydrogen-bond acceptors (Lipinski definition) is 3. The predicted octanol–water partition coefficient (Wildman–Crippen LogP) is 0.643. The molecule has 0 aliphatic heterocycles. The maximum Gasteiger partial charge on any atom is 0.324 e. The van der Waals surface area contributed by atoms with Gasteiger partial charge in [-0.25, -0.2) is 0 Å². The van der Waals surface area contributed by atoms with Crippen LogP contribution in [0, 0.1) is 36.2 Å². The van der Waals surface area contributed by atoms with Gasteiger partial charge < -0.3 is 9.84 Å². The number of ether oxygens (including phenoxy) is 1. The van der Waals surface area contributed by atoms with Crippen molar-refractivity contribution in [2.24, 2.45) is 23.7 Å². The van der Waals surface area contributed by atoms with Gasteiger partial charge in [-0.1, -0.05) is 18.6 Å². The SMILES string of the molecule is C#COC(=O)C1C2C=CC(C2)C1C(=O)O. The molecular weight excluding hydrogens is 196 g/mol. The first-order chi connectivity index (χ1) is 7.15. The second-order valence-electron chi connectivity index (χ2n) is 3.88. The molecule has 0 aromatic heterocycles. The summed E-state index contributed by atoms with van der Waals surface area (Å²) < 4.78 is 4.45. The molecule has 0 spiro atoms. The third-order valence-corrected chi connectivity index (χ3v) is 3.18. The monoisotopic (exact) mass is 206 g/mol. The average Bonchev–Trinajstić information content (AvgIpc) is 2.76. The third-order valence-electron chi connectivity index (χ3n) is 3.18. The maximum absolute atomic E-state index is 11.5. The minimum atomic E-state index is -0.953. The van der Waals surface area contributed by atoms with Gasteiger partial charge in [0, 0.05) is 0 Å². The van der Waals surface area contributed by atoms with Crippen LogP contribution in [0.4, 0.5) is 0 Å². The zero-order valence-corrected chi connectivity index (χ0v) is 7.92. The number of allylic oxidation sites excluding steroid dienone is 2. The van der Waals surface area contributed by atoms with Gasteiger partial charge in [0.05, 0.1) is 11.8 Å². The number of rotatable bonds is 2. The van der Waals surface area contributed by atoms with Crippen LogP contribution in [0.5, 0.6) is 0 Å². The molecule has 2 rings (SSSR count). The molecule has 2 bridgehead atoms. The first-order valence-corrected chi connectivity index (χ1v) is 4.72. The molecule has 4 atom stereocenters. The maximum atomic E-state index is 11.5. The van der Waals surface area contributed by atoms with Crippen LogP contribution in [-0.4, -0.2) is 17.0 Å². The standard InChI is InChI=1S/C11H10O4/c1-2-15-11(14)9-7-4-3-6(5-7)8(9)10(12)13/h1,3-4,6-9H,5H2,(H,12,13). The van der Waals surface area contributed by atoms with Crippen molar-refractivity contribution in [1.29, 1.82) is 0 Å². The molecule has 78 valence electrons. The van der Waals surface area contributed by atoms with Crippen LogP contribution in [-0.2, 0) is 14.3 Å². The summed E-state index contributed by atoms with van der Waals surface area (Å²) in [6, 6.07) is 0. The number of esters is 1. The van der Waals surface area contributed by atoms with Crippen LogP contribution < -0.4 is 0 Å². The summed E-state index contributed by atoms with van der Waals surface area (Å²) in [5.74, 6) is -2.93. The van der Waals surface area contributed by atoms with E-state index >= 15 is 0 Å². The fourth-order valence-electron chi connectivity index (χ4n) is 2.61. The lowest BCUT2D eigenvalue weighted by atomic mass is 9.83. The van der Waals surface area contributed by atoms with Gasteiger partial charge in [0.1, 0.15) is 6.11 Å². The number of terminal acetylenes is 1. The predicted molar refractivity (Wildman–Crippen MR) is 50.3 cm³/mol. The number of aliphatic carboxylic acids is 1. The molecule has 2 aliphatic rings. The van der Waals surface area contributed by atoms with Gasteiger partial charge in [-0.3, -0.25) is 9.59 Å². The molecule has 0 heterocycles.